The molecule has 4 heterocycles. The maximum Gasteiger partial charge on any atom is 0.352 e. The summed E-state index contributed by atoms with van der Waals surface area (Å²) in [5.41, 5.74) is 5.89. The van der Waals surface area contributed by atoms with E-state index in [0.29, 0.717) is 29.4 Å². The Balaban J connectivity index is 1.30. The van der Waals surface area contributed by atoms with Crippen molar-refractivity contribution in [2.24, 2.45) is 5.16 Å². The quantitative estimate of drug-likeness (QED) is 0.106. The van der Waals surface area contributed by atoms with E-state index in [0.717, 1.165) is 18.0 Å². The first-order valence-corrected chi connectivity index (χ1v) is 14.4. The van der Waals surface area contributed by atoms with E-state index in [-0.39, 0.29) is 34.2 Å². The maximum atomic E-state index is 13.2. The molecule has 5 rings (SSSR count). The molecule has 0 bridgehead atoms. The fourth-order valence-corrected chi connectivity index (χ4v) is 6.83. The van der Waals surface area contributed by atoms with Crippen LogP contribution >= 0.6 is 35.1 Å². The standard InChI is InChI=1S/C21H22N10O5S3/c1-2-7-30-21(25-28-29-30)38-9-10-8-37-18-13(17(33)31(18)14(10)19(34)35)23-16(32)12(15-24-20(22)39-27-15)26-36-11-5-3-4-6-11/h2-3,5,11,13,18H,1,4,6-9H2,(H,23,32)(H,34,35)(H2,22,24,27)/t11?,13?,18-/m1/s1. The Morgan fingerprint density at radius 1 is 1.44 bits per heavy atom. The van der Waals surface area contributed by atoms with Crippen molar-refractivity contribution in [1.82, 2.24) is 39.8 Å². The Hall–Kier alpha value is -3.77. The first-order chi connectivity index (χ1) is 18.9. The van der Waals surface area contributed by atoms with E-state index < -0.39 is 29.2 Å². The van der Waals surface area contributed by atoms with Gasteiger partial charge >= 0.3 is 5.97 Å². The Morgan fingerprint density at radius 3 is 2.97 bits per heavy atom. The normalized spacial score (nSPS) is 22.5. The summed E-state index contributed by atoms with van der Waals surface area (Å²) >= 11 is 3.50. The number of carbonyl (C=O) groups is 3. The van der Waals surface area contributed by atoms with Crippen LogP contribution in [0.2, 0.25) is 0 Å². The summed E-state index contributed by atoms with van der Waals surface area (Å²) in [6.07, 6.45) is 6.69. The smallest absolute Gasteiger partial charge is 0.352 e. The third-order valence-corrected chi connectivity index (χ3v) is 8.76. The zero-order valence-corrected chi connectivity index (χ0v) is 22.6. The fraction of sp³-hybridized carbons (Fsp3) is 0.381. The van der Waals surface area contributed by atoms with Gasteiger partial charge in [0.1, 0.15) is 23.2 Å². The molecule has 0 radical (unpaired) electrons. The van der Waals surface area contributed by atoms with Crippen LogP contribution < -0.4 is 11.1 Å². The van der Waals surface area contributed by atoms with Crippen molar-refractivity contribution < 1.29 is 24.3 Å². The number of anilines is 1. The number of nitrogens with zero attached hydrogens (tertiary/aromatic N) is 8. The van der Waals surface area contributed by atoms with Crippen molar-refractivity contribution in [3.63, 3.8) is 0 Å². The minimum absolute atomic E-state index is 0.0267. The van der Waals surface area contributed by atoms with Crippen LogP contribution in [0.25, 0.3) is 0 Å². The lowest BCUT2D eigenvalue weighted by Crippen LogP contribution is -2.71. The molecule has 4 N–H and O–H groups in total. The van der Waals surface area contributed by atoms with Crippen molar-refractivity contribution in [1.29, 1.82) is 0 Å². The average Bonchev–Trinajstić information content (AvgIpc) is 3.69. The summed E-state index contributed by atoms with van der Waals surface area (Å²) in [5, 5.41) is 28.0. The lowest BCUT2D eigenvalue weighted by atomic mass is 10.0. The number of nitrogens with two attached hydrogens (primary N) is 1. The fourth-order valence-electron chi connectivity index (χ4n) is 4.02. The summed E-state index contributed by atoms with van der Waals surface area (Å²) in [6, 6.07) is -0.974. The summed E-state index contributed by atoms with van der Waals surface area (Å²) < 4.78 is 5.58. The van der Waals surface area contributed by atoms with E-state index in [4.69, 9.17) is 10.6 Å². The highest BCUT2D eigenvalue weighted by Crippen LogP contribution is 2.41. The van der Waals surface area contributed by atoms with Crippen LogP contribution in [-0.2, 0) is 25.8 Å². The average molecular weight is 591 g/mol. The van der Waals surface area contributed by atoms with E-state index in [1.54, 1.807) is 6.08 Å². The van der Waals surface area contributed by atoms with Crippen LogP contribution in [0.15, 0.2) is 46.4 Å². The van der Waals surface area contributed by atoms with Crippen LogP contribution in [0.1, 0.15) is 18.7 Å². The first-order valence-electron chi connectivity index (χ1n) is 11.6. The number of amides is 2. The van der Waals surface area contributed by atoms with Crippen molar-refractivity contribution in [3.8, 4) is 0 Å². The number of aromatic nitrogens is 6. The number of hydrogen-bond acceptors (Lipinski definition) is 14. The molecule has 1 saturated heterocycles. The lowest BCUT2D eigenvalue weighted by Gasteiger charge is -2.49. The minimum Gasteiger partial charge on any atom is -0.477 e. The van der Waals surface area contributed by atoms with E-state index in [9.17, 15) is 19.5 Å². The largest absolute Gasteiger partial charge is 0.477 e. The number of allylic oxidation sites excluding steroid dienone is 2. The lowest BCUT2D eigenvalue weighted by molar-refractivity contribution is -0.150. The van der Waals surface area contributed by atoms with Crippen molar-refractivity contribution in [3.05, 3.63) is 41.9 Å². The predicted molar refractivity (Wildman–Crippen MR) is 143 cm³/mol. The molecule has 2 amide bonds. The zero-order valence-electron chi connectivity index (χ0n) is 20.2. The highest BCUT2D eigenvalue weighted by Gasteiger charge is 2.54. The number of nitrogens with one attached hydrogen (secondary N) is 1. The molecule has 0 aromatic carbocycles. The van der Waals surface area contributed by atoms with Gasteiger partial charge in [-0.05, 0) is 34.9 Å². The highest BCUT2D eigenvalue weighted by molar-refractivity contribution is 8.01. The molecule has 2 unspecified atom stereocenters. The van der Waals surface area contributed by atoms with Gasteiger partial charge in [0.05, 0.1) is 6.54 Å². The van der Waals surface area contributed by atoms with Crippen molar-refractivity contribution in [2.45, 2.75) is 42.1 Å². The molecule has 3 atom stereocenters. The second kappa shape index (κ2) is 11.5. The van der Waals surface area contributed by atoms with Gasteiger partial charge in [-0.15, -0.1) is 23.4 Å². The van der Waals surface area contributed by atoms with E-state index in [1.807, 2.05) is 12.2 Å². The molecule has 2 aromatic rings. The van der Waals surface area contributed by atoms with Crippen molar-refractivity contribution in [2.75, 3.05) is 17.2 Å². The van der Waals surface area contributed by atoms with E-state index in [1.165, 1.54) is 33.1 Å². The third-order valence-electron chi connectivity index (χ3n) is 5.83. The van der Waals surface area contributed by atoms with Crippen LogP contribution in [0, 0.1) is 0 Å². The van der Waals surface area contributed by atoms with Crippen LogP contribution in [0.3, 0.4) is 0 Å². The molecule has 15 nitrogen and oxygen atoms in total. The van der Waals surface area contributed by atoms with Gasteiger partial charge in [-0.3, -0.25) is 14.5 Å². The summed E-state index contributed by atoms with van der Waals surface area (Å²) in [5.74, 6) is -1.95. The summed E-state index contributed by atoms with van der Waals surface area (Å²) in [4.78, 5) is 49.2. The number of carboxylic acid groups (broad SMARTS) is 1. The number of rotatable bonds is 11. The zero-order chi connectivity index (χ0) is 27.5. The van der Waals surface area contributed by atoms with Gasteiger partial charge in [-0.2, -0.15) is 9.36 Å². The number of carbonyl (C=O) groups excluding carboxylic acids is 2. The number of aliphatic carboxylic acids is 1. The number of tetrazole rings is 1. The number of carboxylic acids is 1. The Bertz CT molecular complexity index is 1400. The molecular weight excluding hydrogens is 568 g/mol. The number of thioether (sulfide) groups is 2. The topological polar surface area (TPSA) is 204 Å². The molecule has 2 aliphatic heterocycles. The molecule has 0 saturated carbocycles. The number of fused-ring (bicyclic) bond motifs is 1. The molecular formula is C21H22N10O5S3. The van der Waals surface area contributed by atoms with Gasteiger partial charge in [0.25, 0.3) is 11.8 Å². The number of oxime groups is 1. The highest BCUT2D eigenvalue weighted by atomic mass is 32.2. The SMILES string of the molecule is C=CCn1nnnc1SCC1=C(C(=O)O)N2C(=O)C(NC(=O)C(=NOC3C=CCC3)c3nsc(N)n3)[C@H]2SC1. The van der Waals surface area contributed by atoms with Crippen LogP contribution in [0.5, 0.6) is 0 Å². The summed E-state index contributed by atoms with van der Waals surface area (Å²) in [6.45, 7) is 4.06. The van der Waals surface area contributed by atoms with Crippen LogP contribution in [-0.4, -0.2) is 92.1 Å². The van der Waals surface area contributed by atoms with Gasteiger partial charge in [0.15, 0.2) is 5.13 Å². The minimum atomic E-state index is -1.23. The monoisotopic (exact) mass is 590 g/mol. The Labute approximate surface area is 233 Å². The Kier molecular flexibility index (Phi) is 7.94. The number of β-lactam (4-membered cyclic amide) rings is 1. The van der Waals surface area contributed by atoms with Gasteiger partial charge in [0, 0.05) is 23.0 Å². The van der Waals surface area contributed by atoms with Crippen LogP contribution in [0.4, 0.5) is 5.13 Å². The van der Waals surface area contributed by atoms with Gasteiger partial charge < -0.3 is 21.0 Å². The van der Waals surface area contributed by atoms with Gasteiger partial charge in [0.2, 0.25) is 16.7 Å². The Morgan fingerprint density at radius 2 is 2.28 bits per heavy atom. The molecule has 204 valence electrons. The molecule has 1 fully saturated rings. The molecule has 39 heavy (non-hydrogen) atoms. The number of hydrogen-bond donors (Lipinski definition) is 3. The summed E-state index contributed by atoms with van der Waals surface area (Å²) in [7, 11) is 0. The van der Waals surface area contributed by atoms with E-state index in [2.05, 4.69) is 41.9 Å². The molecule has 0 spiro atoms. The van der Waals surface area contributed by atoms with Gasteiger partial charge in [-0.1, -0.05) is 29.1 Å². The molecule has 3 aliphatic rings. The second-order valence-corrected chi connectivity index (χ2v) is 11.2. The van der Waals surface area contributed by atoms with Crippen molar-refractivity contribution >= 4 is 63.7 Å². The molecule has 18 heteroatoms. The number of nitrogen functional groups attached to an aromatic ring is 1. The molecule has 1 aliphatic carbocycles. The third kappa shape index (κ3) is 5.52. The molecule has 2 aromatic heterocycles. The maximum absolute atomic E-state index is 13.2. The second-order valence-electron chi connectivity index (χ2n) is 8.38. The van der Waals surface area contributed by atoms with E-state index >= 15 is 0 Å². The van der Waals surface area contributed by atoms with Gasteiger partial charge in [-0.25, -0.2) is 9.48 Å². The first kappa shape index (κ1) is 26.8. The predicted octanol–water partition coefficient (Wildman–Crippen LogP) is 0.263.